The molecule has 0 bridgehead atoms. The molecule has 0 atom stereocenters. The summed E-state index contributed by atoms with van der Waals surface area (Å²) in [6, 6.07) is 7.28. The summed E-state index contributed by atoms with van der Waals surface area (Å²) < 4.78 is 4.98. The van der Waals surface area contributed by atoms with Gasteiger partial charge in [-0.3, -0.25) is 0 Å². The lowest BCUT2D eigenvalue weighted by Crippen LogP contribution is -1.74. The average molecular weight is 179 g/mol. The molecule has 0 aliphatic rings. The number of aromatic nitrogens is 1. The highest BCUT2D eigenvalue weighted by Gasteiger charge is 2.00. The Bertz CT molecular complexity index is 353. The first-order chi connectivity index (χ1) is 5.86. The van der Waals surface area contributed by atoms with Gasteiger partial charge in [0.2, 0.25) is 5.89 Å². The molecule has 0 N–H and O–H groups in total. The topological polar surface area (TPSA) is 26.0 Å². The zero-order valence-corrected chi connectivity index (χ0v) is 6.88. The van der Waals surface area contributed by atoms with Crippen molar-refractivity contribution in [3.63, 3.8) is 0 Å². The molecule has 0 amide bonds. The number of halogens is 1. The molecule has 2 nitrogen and oxygen atoms in total. The van der Waals surface area contributed by atoms with Gasteiger partial charge in [0, 0.05) is 10.6 Å². The van der Waals surface area contributed by atoms with Gasteiger partial charge in [-0.05, 0) is 24.3 Å². The largest absolute Gasteiger partial charge is 0.433 e. The molecule has 0 fully saturated rings. The molecule has 0 unspecified atom stereocenters. The highest BCUT2D eigenvalue weighted by atomic mass is 35.5. The number of benzene rings is 1. The Morgan fingerprint density at radius 1 is 1.25 bits per heavy atom. The van der Waals surface area contributed by atoms with Gasteiger partial charge in [-0.25, -0.2) is 4.98 Å². The van der Waals surface area contributed by atoms with Gasteiger partial charge in [0.25, 0.3) is 0 Å². The molecule has 1 aromatic heterocycles. The second-order valence-corrected chi connectivity index (χ2v) is 2.73. The van der Waals surface area contributed by atoms with E-state index in [0.717, 1.165) is 5.56 Å². The van der Waals surface area contributed by atoms with Gasteiger partial charge >= 0.3 is 0 Å². The van der Waals surface area contributed by atoms with Crippen molar-refractivity contribution in [1.82, 2.24) is 4.98 Å². The number of hydrogen-bond donors (Lipinski definition) is 0. The average Bonchev–Trinajstić information content (AvgIpc) is 2.58. The number of oxazole rings is 1. The van der Waals surface area contributed by atoms with Gasteiger partial charge in [-0.1, -0.05) is 11.6 Å². The first kappa shape index (κ1) is 7.37. The molecular weight excluding hydrogens is 174 g/mol. The van der Waals surface area contributed by atoms with E-state index < -0.39 is 0 Å². The SMILES string of the molecule is Clc1ccc(-c2nc[c]o2)cc1. The minimum atomic E-state index is 0.562. The smallest absolute Gasteiger partial charge is 0.226 e. The van der Waals surface area contributed by atoms with Gasteiger partial charge in [0.05, 0.1) is 6.20 Å². The van der Waals surface area contributed by atoms with Crippen LogP contribution >= 0.6 is 11.6 Å². The minimum absolute atomic E-state index is 0.562. The third kappa shape index (κ3) is 1.34. The number of rotatable bonds is 1. The molecule has 0 aliphatic heterocycles. The van der Waals surface area contributed by atoms with Crippen molar-refractivity contribution in [3.8, 4) is 11.5 Å². The van der Waals surface area contributed by atoms with E-state index >= 15 is 0 Å². The van der Waals surface area contributed by atoms with E-state index in [9.17, 15) is 0 Å². The van der Waals surface area contributed by atoms with Crippen molar-refractivity contribution in [2.75, 3.05) is 0 Å². The monoisotopic (exact) mass is 178 g/mol. The van der Waals surface area contributed by atoms with Gasteiger partial charge in [-0.2, -0.15) is 0 Å². The van der Waals surface area contributed by atoms with Crippen molar-refractivity contribution >= 4 is 11.6 Å². The van der Waals surface area contributed by atoms with E-state index in [2.05, 4.69) is 11.2 Å². The van der Waals surface area contributed by atoms with E-state index in [1.807, 2.05) is 12.1 Å². The van der Waals surface area contributed by atoms with Crippen molar-refractivity contribution in [3.05, 3.63) is 41.7 Å². The van der Waals surface area contributed by atoms with E-state index in [-0.39, 0.29) is 0 Å². The van der Waals surface area contributed by atoms with Crippen molar-refractivity contribution in [1.29, 1.82) is 0 Å². The first-order valence-electron chi connectivity index (χ1n) is 3.44. The molecule has 1 radical (unpaired) electrons. The van der Waals surface area contributed by atoms with Gasteiger partial charge in [-0.15, -0.1) is 0 Å². The van der Waals surface area contributed by atoms with Gasteiger partial charge < -0.3 is 4.42 Å². The second kappa shape index (κ2) is 2.99. The standard InChI is InChI=1S/C9H5ClNO/c10-8-3-1-7(2-4-8)9-11-5-6-12-9/h1-5H. The lowest BCUT2D eigenvalue weighted by molar-refractivity contribution is 0.566. The lowest BCUT2D eigenvalue weighted by atomic mass is 10.2. The Morgan fingerprint density at radius 3 is 2.58 bits per heavy atom. The third-order valence-electron chi connectivity index (χ3n) is 1.48. The van der Waals surface area contributed by atoms with E-state index in [0.29, 0.717) is 10.9 Å². The molecule has 1 aromatic carbocycles. The van der Waals surface area contributed by atoms with Crippen LogP contribution in [0.1, 0.15) is 0 Å². The summed E-state index contributed by atoms with van der Waals surface area (Å²) in [7, 11) is 0. The summed E-state index contributed by atoms with van der Waals surface area (Å²) in [6.45, 7) is 0. The van der Waals surface area contributed by atoms with Crippen LogP contribution in [0.15, 0.2) is 34.9 Å². The summed E-state index contributed by atoms with van der Waals surface area (Å²) in [5, 5.41) is 0.703. The summed E-state index contributed by atoms with van der Waals surface area (Å²) in [5.74, 6) is 0.562. The van der Waals surface area contributed by atoms with E-state index in [4.69, 9.17) is 16.0 Å². The van der Waals surface area contributed by atoms with Crippen LogP contribution in [0.3, 0.4) is 0 Å². The highest BCUT2D eigenvalue weighted by molar-refractivity contribution is 6.30. The van der Waals surface area contributed by atoms with E-state index in [1.54, 1.807) is 12.1 Å². The molecule has 2 rings (SSSR count). The molecule has 0 aliphatic carbocycles. The predicted octanol–water partition coefficient (Wildman–Crippen LogP) is 2.80. The molecule has 1 heterocycles. The van der Waals surface area contributed by atoms with Crippen LogP contribution in [-0.2, 0) is 0 Å². The van der Waals surface area contributed by atoms with Crippen LogP contribution < -0.4 is 0 Å². The van der Waals surface area contributed by atoms with Crippen LogP contribution in [0.2, 0.25) is 5.02 Å². The van der Waals surface area contributed by atoms with Crippen LogP contribution in [0.4, 0.5) is 0 Å². The lowest BCUT2D eigenvalue weighted by Gasteiger charge is -1.93. The normalized spacial score (nSPS) is 10.1. The highest BCUT2D eigenvalue weighted by Crippen LogP contribution is 2.18. The molecule has 3 heteroatoms. The number of hydrogen-bond acceptors (Lipinski definition) is 2. The van der Waals surface area contributed by atoms with E-state index in [1.165, 1.54) is 6.20 Å². The molecule has 0 saturated carbocycles. The quantitative estimate of drug-likeness (QED) is 0.671. The van der Waals surface area contributed by atoms with Crippen molar-refractivity contribution in [2.45, 2.75) is 0 Å². The molecule has 2 aromatic rings. The first-order valence-corrected chi connectivity index (χ1v) is 3.82. The van der Waals surface area contributed by atoms with Crippen LogP contribution in [-0.4, -0.2) is 4.98 Å². The Kier molecular flexibility index (Phi) is 1.84. The maximum Gasteiger partial charge on any atom is 0.226 e. The Labute approximate surface area is 74.8 Å². The molecule has 59 valence electrons. The van der Waals surface area contributed by atoms with Crippen molar-refractivity contribution in [2.24, 2.45) is 0 Å². The summed E-state index contributed by atoms with van der Waals surface area (Å²) in [5.41, 5.74) is 0.903. The zero-order chi connectivity index (χ0) is 8.39. The maximum absolute atomic E-state index is 5.71. The summed E-state index contributed by atoms with van der Waals surface area (Å²) >= 11 is 5.71. The fourth-order valence-corrected chi connectivity index (χ4v) is 1.05. The molecular formula is C9H5ClNO. The third-order valence-corrected chi connectivity index (χ3v) is 1.73. The fourth-order valence-electron chi connectivity index (χ4n) is 0.919. The second-order valence-electron chi connectivity index (χ2n) is 2.29. The van der Waals surface area contributed by atoms with Crippen LogP contribution in [0.25, 0.3) is 11.5 Å². The predicted molar refractivity (Wildman–Crippen MR) is 45.8 cm³/mol. The number of nitrogens with zero attached hydrogens (tertiary/aromatic N) is 1. The molecule has 12 heavy (non-hydrogen) atoms. The maximum atomic E-state index is 5.71. The minimum Gasteiger partial charge on any atom is -0.433 e. The zero-order valence-electron chi connectivity index (χ0n) is 6.12. The molecule has 0 saturated heterocycles. The summed E-state index contributed by atoms with van der Waals surface area (Å²) in [4.78, 5) is 3.95. The molecule has 0 spiro atoms. The van der Waals surface area contributed by atoms with Gasteiger partial charge in [0.15, 0.2) is 6.26 Å². The van der Waals surface area contributed by atoms with Crippen molar-refractivity contribution < 1.29 is 4.42 Å². The Morgan fingerprint density at radius 2 is 2.00 bits per heavy atom. The Hall–Kier alpha value is -1.28. The fraction of sp³-hybridized carbons (Fsp3) is 0. The van der Waals surface area contributed by atoms with Gasteiger partial charge in [0.1, 0.15) is 0 Å². The summed E-state index contributed by atoms with van der Waals surface area (Å²) in [6.07, 6.45) is 4.01. The van der Waals surface area contributed by atoms with Crippen LogP contribution in [0, 0.1) is 6.26 Å². The van der Waals surface area contributed by atoms with Crippen LogP contribution in [0.5, 0.6) is 0 Å². The Balaban J connectivity index is 2.43.